The third-order valence-corrected chi connectivity index (χ3v) is 6.98. The van der Waals surface area contributed by atoms with Crippen molar-refractivity contribution >= 4 is 75.0 Å². The second kappa shape index (κ2) is 8.92. The number of rotatable bonds is 3. The molecule has 174 valence electrons. The molecule has 2 aromatic carbocycles. The summed E-state index contributed by atoms with van der Waals surface area (Å²) < 4.78 is 2.07. The molecule has 2 amide bonds. The Hall–Kier alpha value is -3.52. The van der Waals surface area contributed by atoms with E-state index in [4.69, 9.17) is 35.4 Å². The van der Waals surface area contributed by atoms with E-state index in [1.807, 2.05) is 44.2 Å². The predicted octanol–water partition coefficient (Wildman–Crippen LogP) is 5.78. The average Bonchev–Trinajstić information content (AvgIpc) is 3.11. The third-order valence-electron chi connectivity index (χ3n) is 5.89. The van der Waals surface area contributed by atoms with Crippen molar-refractivity contribution in [3.8, 4) is 5.69 Å². The number of aromatic nitrogens is 2. The highest BCUT2D eigenvalue weighted by Gasteiger charge is 2.36. The van der Waals surface area contributed by atoms with Gasteiger partial charge < -0.3 is 4.57 Å². The van der Waals surface area contributed by atoms with Crippen LogP contribution in [0.3, 0.4) is 0 Å². The minimum Gasteiger partial charge on any atom is -0.318 e. The van der Waals surface area contributed by atoms with E-state index in [2.05, 4.69) is 20.9 Å². The number of aryl methyl sites for hydroxylation is 1. The van der Waals surface area contributed by atoms with Gasteiger partial charge in [-0.05, 0) is 80.2 Å². The Balaban J connectivity index is 1.58. The largest absolute Gasteiger partial charge is 0.318 e. The molecule has 0 aliphatic carbocycles. The first-order valence-electron chi connectivity index (χ1n) is 10.7. The Kier molecular flexibility index (Phi) is 5.92. The van der Waals surface area contributed by atoms with Gasteiger partial charge in [0.1, 0.15) is 5.57 Å². The summed E-state index contributed by atoms with van der Waals surface area (Å²) in [6.07, 6.45) is 3.34. The van der Waals surface area contributed by atoms with Crippen molar-refractivity contribution in [2.75, 3.05) is 4.90 Å². The number of nitrogens with one attached hydrogen (secondary N) is 1. The molecule has 5 rings (SSSR count). The molecule has 1 N–H and O–H groups in total. The molecule has 2 aromatic heterocycles. The number of fused-ring (bicyclic) bond motifs is 1. The molecule has 35 heavy (non-hydrogen) atoms. The fourth-order valence-corrected chi connectivity index (χ4v) is 4.88. The van der Waals surface area contributed by atoms with Gasteiger partial charge in [0.15, 0.2) is 5.11 Å². The van der Waals surface area contributed by atoms with Gasteiger partial charge in [0.25, 0.3) is 11.8 Å². The van der Waals surface area contributed by atoms with Crippen LogP contribution < -0.4 is 10.2 Å². The molecule has 9 heteroatoms. The number of benzene rings is 2. The van der Waals surface area contributed by atoms with E-state index in [0.717, 1.165) is 33.5 Å². The topological polar surface area (TPSA) is 67.2 Å². The fraction of sp³-hybridized carbons (Fsp3) is 0.0769. The number of nitrogens with zero attached hydrogens (tertiary/aromatic N) is 3. The number of halogens is 2. The maximum absolute atomic E-state index is 13.4. The van der Waals surface area contributed by atoms with Crippen LogP contribution in [0, 0.1) is 13.8 Å². The van der Waals surface area contributed by atoms with E-state index >= 15 is 0 Å². The maximum atomic E-state index is 13.4. The molecule has 1 fully saturated rings. The van der Waals surface area contributed by atoms with Gasteiger partial charge >= 0.3 is 0 Å². The number of carbonyl (C=O) groups is 2. The maximum Gasteiger partial charge on any atom is 0.270 e. The van der Waals surface area contributed by atoms with E-state index < -0.39 is 11.8 Å². The lowest BCUT2D eigenvalue weighted by atomic mass is 10.1. The zero-order chi connectivity index (χ0) is 24.9. The van der Waals surface area contributed by atoms with Gasteiger partial charge in [0.2, 0.25) is 0 Å². The lowest BCUT2D eigenvalue weighted by Gasteiger charge is -2.29. The molecular formula is C26H18Cl2N4O2S. The number of hydrogen-bond acceptors (Lipinski definition) is 4. The minimum absolute atomic E-state index is 0.0578. The molecule has 1 aliphatic heterocycles. The average molecular weight is 521 g/mol. The number of carbonyl (C=O) groups excluding carboxylic acids is 2. The quantitative estimate of drug-likeness (QED) is 0.211. The fourth-order valence-electron chi connectivity index (χ4n) is 4.23. The molecule has 6 nitrogen and oxygen atoms in total. The number of hydrogen-bond donors (Lipinski definition) is 1. The lowest BCUT2D eigenvalue weighted by molar-refractivity contribution is -0.122. The van der Waals surface area contributed by atoms with E-state index in [-0.39, 0.29) is 20.7 Å². The van der Waals surface area contributed by atoms with Crippen LogP contribution in [0.2, 0.25) is 10.0 Å². The Morgan fingerprint density at radius 1 is 1.03 bits per heavy atom. The third kappa shape index (κ3) is 4.01. The van der Waals surface area contributed by atoms with Gasteiger partial charge in [-0.2, -0.15) is 0 Å². The molecule has 0 unspecified atom stereocenters. The number of thiocarbonyl (C=S) groups is 1. The highest BCUT2D eigenvalue weighted by molar-refractivity contribution is 7.80. The van der Waals surface area contributed by atoms with E-state index in [0.29, 0.717) is 5.69 Å². The van der Waals surface area contributed by atoms with Gasteiger partial charge in [-0.3, -0.25) is 24.8 Å². The first-order chi connectivity index (χ1) is 16.8. The van der Waals surface area contributed by atoms with Gasteiger partial charge in [0, 0.05) is 28.7 Å². The summed E-state index contributed by atoms with van der Waals surface area (Å²) in [6, 6.07) is 16.7. The second-order valence-electron chi connectivity index (χ2n) is 8.07. The Morgan fingerprint density at radius 2 is 1.83 bits per heavy atom. The number of amides is 2. The molecule has 0 radical (unpaired) electrons. The first kappa shape index (κ1) is 23.2. The Labute approximate surface area is 216 Å². The van der Waals surface area contributed by atoms with Gasteiger partial charge in [-0.25, -0.2) is 0 Å². The van der Waals surface area contributed by atoms with Crippen LogP contribution in [0.4, 0.5) is 5.69 Å². The van der Waals surface area contributed by atoms with Crippen LogP contribution in [0.25, 0.3) is 22.7 Å². The van der Waals surface area contributed by atoms with E-state index in [1.54, 1.807) is 30.5 Å². The van der Waals surface area contributed by atoms with Crippen LogP contribution in [0.1, 0.15) is 17.0 Å². The molecule has 3 heterocycles. The smallest absolute Gasteiger partial charge is 0.270 e. The summed E-state index contributed by atoms with van der Waals surface area (Å²) in [7, 11) is 0. The van der Waals surface area contributed by atoms with Crippen LogP contribution in [0.5, 0.6) is 0 Å². The zero-order valence-electron chi connectivity index (χ0n) is 18.7. The SMILES string of the molecule is Cc1cc(/C=C2/C(=O)NC(=S)N(c3cccc(Cl)c3Cl)C2=O)c(C)n1-c1ccc2ncccc2c1. The van der Waals surface area contributed by atoms with Gasteiger partial charge in [0.05, 0.1) is 21.2 Å². The minimum atomic E-state index is -0.579. The zero-order valence-corrected chi connectivity index (χ0v) is 21.0. The second-order valence-corrected chi connectivity index (χ2v) is 9.24. The van der Waals surface area contributed by atoms with Crippen LogP contribution in [0.15, 0.2) is 66.4 Å². The van der Waals surface area contributed by atoms with Crippen molar-refractivity contribution in [1.29, 1.82) is 0 Å². The summed E-state index contributed by atoms with van der Waals surface area (Å²) in [5.41, 5.74) is 4.66. The molecule has 1 aliphatic rings. The number of anilines is 1. The summed E-state index contributed by atoms with van der Waals surface area (Å²) in [6.45, 7) is 3.91. The van der Waals surface area contributed by atoms with Crippen molar-refractivity contribution < 1.29 is 9.59 Å². The summed E-state index contributed by atoms with van der Waals surface area (Å²) in [4.78, 5) is 31.8. The molecule has 0 bridgehead atoms. The van der Waals surface area contributed by atoms with E-state index in [9.17, 15) is 9.59 Å². The van der Waals surface area contributed by atoms with E-state index in [1.165, 1.54) is 4.90 Å². The Bertz CT molecular complexity index is 1590. The molecular weight excluding hydrogens is 503 g/mol. The molecule has 0 atom stereocenters. The lowest BCUT2D eigenvalue weighted by Crippen LogP contribution is -2.54. The Morgan fingerprint density at radius 3 is 2.63 bits per heavy atom. The van der Waals surface area contributed by atoms with Crippen LogP contribution >= 0.6 is 35.4 Å². The van der Waals surface area contributed by atoms with Crippen molar-refractivity contribution in [2.45, 2.75) is 13.8 Å². The number of pyridine rings is 1. The molecule has 0 spiro atoms. The first-order valence-corrected chi connectivity index (χ1v) is 11.8. The molecule has 0 saturated carbocycles. The van der Waals surface area contributed by atoms with Crippen molar-refractivity contribution in [1.82, 2.24) is 14.9 Å². The summed E-state index contributed by atoms with van der Waals surface area (Å²) in [5, 5.41) is 3.98. The van der Waals surface area contributed by atoms with Crippen molar-refractivity contribution in [3.63, 3.8) is 0 Å². The summed E-state index contributed by atoms with van der Waals surface area (Å²) >= 11 is 17.7. The van der Waals surface area contributed by atoms with Gasteiger partial charge in [-0.15, -0.1) is 0 Å². The predicted molar refractivity (Wildman–Crippen MR) is 143 cm³/mol. The van der Waals surface area contributed by atoms with Gasteiger partial charge in [-0.1, -0.05) is 35.3 Å². The summed E-state index contributed by atoms with van der Waals surface area (Å²) in [5.74, 6) is -1.15. The van der Waals surface area contributed by atoms with Crippen LogP contribution in [-0.4, -0.2) is 26.5 Å². The highest BCUT2D eigenvalue weighted by atomic mass is 35.5. The monoisotopic (exact) mass is 520 g/mol. The van der Waals surface area contributed by atoms with Crippen molar-refractivity contribution in [3.05, 3.63) is 93.4 Å². The highest BCUT2D eigenvalue weighted by Crippen LogP contribution is 2.34. The van der Waals surface area contributed by atoms with Crippen molar-refractivity contribution in [2.24, 2.45) is 0 Å². The molecule has 4 aromatic rings. The standard InChI is InChI=1S/C26H18Cl2N4O2S/c1-14-11-17(15(2)31(14)18-8-9-21-16(12-18)5-4-10-29-21)13-19-24(33)30-26(35)32(25(19)34)22-7-3-6-20(27)23(22)28/h3-13H,1-2H3,(H,30,33,35)/b19-13-. The molecule has 1 saturated heterocycles. The normalized spacial score (nSPS) is 15.3. The van der Waals surface area contributed by atoms with Crippen LogP contribution in [-0.2, 0) is 9.59 Å².